The molecule has 4 rings (SSSR count). The minimum Gasteiger partial charge on any atom is -0.497 e. The molecule has 8 heteroatoms. The fourth-order valence-electron chi connectivity index (χ4n) is 4.42. The molecule has 0 unspecified atom stereocenters. The van der Waals surface area contributed by atoms with Crippen LogP contribution >= 0.6 is 0 Å². The number of nitrogens with zero attached hydrogens (tertiary/aromatic N) is 3. The predicted molar refractivity (Wildman–Crippen MR) is 140 cm³/mol. The maximum Gasteiger partial charge on any atom is 0.309 e. The van der Waals surface area contributed by atoms with Crippen molar-refractivity contribution < 1.29 is 14.3 Å². The number of piperazine rings is 1. The van der Waals surface area contributed by atoms with E-state index in [9.17, 15) is 9.59 Å². The Hall–Kier alpha value is -3.91. The molecule has 1 aliphatic heterocycles. The lowest BCUT2D eigenvalue weighted by atomic mass is 10.1. The Bertz CT molecular complexity index is 1100. The Labute approximate surface area is 212 Å². The second-order valence-electron chi connectivity index (χ2n) is 8.72. The average Bonchev–Trinajstić information content (AvgIpc) is 2.94. The van der Waals surface area contributed by atoms with Gasteiger partial charge in [0.15, 0.2) is 0 Å². The van der Waals surface area contributed by atoms with Gasteiger partial charge >= 0.3 is 11.8 Å². The van der Waals surface area contributed by atoms with Gasteiger partial charge in [-0.1, -0.05) is 36.4 Å². The summed E-state index contributed by atoms with van der Waals surface area (Å²) in [5.41, 5.74) is 3.29. The highest BCUT2D eigenvalue weighted by atomic mass is 16.5. The molecule has 188 valence electrons. The number of aromatic nitrogens is 1. The number of amides is 2. The normalized spacial score (nSPS) is 14.6. The summed E-state index contributed by atoms with van der Waals surface area (Å²) in [6, 6.07) is 21.9. The summed E-state index contributed by atoms with van der Waals surface area (Å²) in [4.78, 5) is 33.9. The van der Waals surface area contributed by atoms with Crippen molar-refractivity contribution in [3.8, 4) is 5.75 Å². The van der Waals surface area contributed by atoms with Gasteiger partial charge < -0.3 is 20.3 Å². The van der Waals surface area contributed by atoms with Crippen molar-refractivity contribution in [2.75, 3.05) is 51.3 Å². The Kier molecular flexibility index (Phi) is 8.88. The number of benzene rings is 2. The van der Waals surface area contributed by atoms with E-state index in [2.05, 4.69) is 49.7 Å². The fourth-order valence-corrected chi connectivity index (χ4v) is 4.42. The second kappa shape index (κ2) is 12.7. The van der Waals surface area contributed by atoms with Gasteiger partial charge in [0.25, 0.3) is 0 Å². The van der Waals surface area contributed by atoms with Gasteiger partial charge in [-0.05, 0) is 47.9 Å². The maximum atomic E-state index is 12.5. The van der Waals surface area contributed by atoms with Gasteiger partial charge in [-0.25, -0.2) is 0 Å². The fraction of sp³-hybridized carbons (Fsp3) is 0.321. The third-order valence-corrected chi connectivity index (χ3v) is 6.47. The zero-order chi connectivity index (χ0) is 25.2. The largest absolute Gasteiger partial charge is 0.497 e. The van der Waals surface area contributed by atoms with Crippen LogP contribution in [-0.4, -0.2) is 68.1 Å². The van der Waals surface area contributed by atoms with Crippen LogP contribution < -0.4 is 20.3 Å². The lowest BCUT2D eigenvalue weighted by molar-refractivity contribution is -0.139. The number of hydrogen-bond donors (Lipinski definition) is 2. The van der Waals surface area contributed by atoms with Gasteiger partial charge in [0.1, 0.15) is 5.75 Å². The Morgan fingerprint density at radius 2 is 1.64 bits per heavy atom. The first-order valence-electron chi connectivity index (χ1n) is 12.3. The molecule has 2 N–H and O–H groups in total. The number of anilines is 1. The van der Waals surface area contributed by atoms with Gasteiger partial charge in [-0.2, -0.15) is 0 Å². The highest BCUT2D eigenvalue weighted by Gasteiger charge is 2.26. The lowest BCUT2D eigenvalue weighted by Crippen LogP contribution is -2.51. The number of carbonyl (C=O) groups excluding carboxylic acids is 2. The van der Waals surface area contributed by atoms with Crippen molar-refractivity contribution in [3.63, 3.8) is 0 Å². The Balaban J connectivity index is 1.29. The van der Waals surface area contributed by atoms with E-state index in [0.717, 1.165) is 43.1 Å². The number of methoxy groups -OCH3 is 1. The predicted octanol–water partition coefficient (Wildman–Crippen LogP) is 2.43. The lowest BCUT2D eigenvalue weighted by Gasteiger charge is -2.40. The topological polar surface area (TPSA) is 86.8 Å². The number of rotatable bonds is 9. The van der Waals surface area contributed by atoms with E-state index in [0.29, 0.717) is 19.5 Å². The van der Waals surface area contributed by atoms with Crippen LogP contribution in [-0.2, 0) is 16.0 Å². The van der Waals surface area contributed by atoms with Crippen molar-refractivity contribution in [2.24, 2.45) is 0 Å². The summed E-state index contributed by atoms with van der Waals surface area (Å²) in [6.45, 7) is 4.19. The Morgan fingerprint density at radius 1 is 0.917 bits per heavy atom. The third-order valence-electron chi connectivity index (χ3n) is 6.47. The summed E-state index contributed by atoms with van der Waals surface area (Å²) < 4.78 is 5.16. The molecule has 1 atom stereocenters. The van der Waals surface area contributed by atoms with E-state index < -0.39 is 11.8 Å². The molecule has 8 nitrogen and oxygen atoms in total. The van der Waals surface area contributed by atoms with Crippen LogP contribution in [0.1, 0.15) is 17.2 Å². The highest BCUT2D eigenvalue weighted by molar-refractivity contribution is 6.35. The van der Waals surface area contributed by atoms with Crippen LogP contribution in [0.5, 0.6) is 5.75 Å². The van der Waals surface area contributed by atoms with Crippen LogP contribution in [0.4, 0.5) is 5.69 Å². The number of pyridine rings is 1. The van der Waals surface area contributed by atoms with Crippen molar-refractivity contribution in [1.29, 1.82) is 0 Å². The van der Waals surface area contributed by atoms with E-state index in [1.54, 1.807) is 13.3 Å². The van der Waals surface area contributed by atoms with Gasteiger partial charge in [-0.15, -0.1) is 0 Å². The van der Waals surface area contributed by atoms with E-state index in [4.69, 9.17) is 4.74 Å². The number of carbonyl (C=O) groups is 2. The van der Waals surface area contributed by atoms with Gasteiger partial charge in [0.05, 0.1) is 13.2 Å². The molecule has 1 fully saturated rings. The van der Waals surface area contributed by atoms with Crippen LogP contribution in [0.25, 0.3) is 0 Å². The van der Waals surface area contributed by atoms with Gasteiger partial charge in [0, 0.05) is 57.3 Å². The average molecular weight is 488 g/mol. The van der Waals surface area contributed by atoms with Crippen molar-refractivity contribution in [2.45, 2.75) is 12.5 Å². The molecule has 2 heterocycles. The number of hydrogen-bond acceptors (Lipinski definition) is 6. The second-order valence-corrected chi connectivity index (χ2v) is 8.72. The summed E-state index contributed by atoms with van der Waals surface area (Å²) in [7, 11) is 1.62. The van der Waals surface area contributed by atoms with E-state index in [-0.39, 0.29) is 6.04 Å². The van der Waals surface area contributed by atoms with Crippen LogP contribution in [0.3, 0.4) is 0 Å². The summed E-state index contributed by atoms with van der Waals surface area (Å²) in [6.07, 6.45) is 4.20. The monoisotopic (exact) mass is 487 g/mol. The van der Waals surface area contributed by atoms with Crippen LogP contribution in [0.2, 0.25) is 0 Å². The molecule has 1 aliphatic rings. The summed E-state index contributed by atoms with van der Waals surface area (Å²) in [5, 5.41) is 5.55. The first-order valence-corrected chi connectivity index (χ1v) is 12.3. The minimum atomic E-state index is -0.624. The molecular formula is C28H33N5O3. The summed E-state index contributed by atoms with van der Waals surface area (Å²) >= 11 is 0. The first kappa shape index (κ1) is 25.2. The molecular weight excluding hydrogens is 454 g/mol. The number of ether oxygens (including phenoxy) is 1. The summed E-state index contributed by atoms with van der Waals surface area (Å²) in [5.74, 6) is -0.462. The zero-order valence-electron chi connectivity index (χ0n) is 20.6. The number of nitrogens with one attached hydrogen (secondary N) is 2. The molecule has 1 saturated heterocycles. The van der Waals surface area contributed by atoms with Crippen LogP contribution in [0.15, 0.2) is 79.1 Å². The molecule has 36 heavy (non-hydrogen) atoms. The van der Waals surface area contributed by atoms with E-state index >= 15 is 0 Å². The third kappa shape index (κ3) is 6.82. The Morgan fingerprint density at radius 3 is 2.31 bits per heavy atom. The maximum absolute atomic E-state index is 12.5. The quantitative estimate of drug-likeness (QED) is 0.451. The molecule has 0 aliphatic carbocycles. The molecule has 0 saturated carbocycles. The first-order chi connectivity index (χ1) is 17.6. The van der Waals surface area contributed by atoms with Gasteiger partial charge in [-0.3, -0.25) is 19.5 Å². The molecule has 2 amide bonds. The zero-order valence-corrected chi connectivity index (χ0v) is 20.6. The van der Waals surface area contributed by atoms with Gasteiger partial charge in [0.2, 0.25) is 0 Å². The molecule has 3 aromatic rings. The van der Waals surface area contributed by atoms with Crippen molar-refractivity contribution in [3.05, 3.63) is 90.3 Å². The minimum absolute atomic E-state index is 0.0623. The van der Waals surface area contributed by atoms with Crippen molar-refractivity contribution in [1.82, 2.24) is 20.5 Å². The SMILES string of the molecule is COc1ccc(CCNC(=O)C(=O)NC[C@@H](c2cccnc2)N2CCN(c3ccccc3)CC2)cc1. The van der Waals surface area contributed by atoms with Crippen molar-refractivity contribution >= 4 is 17.5 Å². The smallest absolute Gasteiger partial charge is 0.309 e. The van der Waals surface area contributed by atoms with E-state index in [1.807, 2.05) is 48.7 Å². The molecule has 0 bridgehead atoms. The molecule has 0 radical (unpaired) electrons. The highest BCUT2D eigenvalue weighted by Crippen LogP contribution is 2.23. The number of para-hydroxylation sites is 1. The standard InChI is InChI=1S/C28H33N5O3/c1-36-25-11-9-22(10-12-25)13-15-30-27(34)28(35)31-21-26(23-6-5-14-29-20-23)33-18-16-32(17-19-33)24-7-3-2-4-8-24/h2-12,14,20,26H,13,15-19,21H2,1H3,(H,30,34)(H,31,35)/t26-/m0/s1. The molecule has 2 aromatic carbocycles. The molecule has 1 aromatic heterocycles. The molecule has 0 spiro atoms. The van der Waals surface area contributed by atoms with Crippen LogP contribution in [0, 0.1) is 0 Å². The van der Waals surface area contributed by atoms with E-state index in [1.165, 1.54) is 5.69 Å².